The van der Waals surface area contributed by atoms with Gasteiger partial charge in [-0.25, -0.2) is 13.4 Å². The van der Waals surface area contributed by atoms with Gasteiger partial charge in [0, 0.05) is 5.02 Å². The van der Waals surface area contributed by atoms with E-state index in [2.05, 4.69) is 4.98 Å². The first-order chi connectivity index (χ1) is 10.4. The molecule has 3 rings (SSSR count). The Labute approximate surface area is 138 Å². The molecule has 0 amide bonds. The second kappa shape index (κ2) is 5.65. The lowest BCUT2D eigenvalue weighted by Crippen LogP contribution is -2.07. The highest BCUT2D eigenvalue weighted by atomic mass is 35.5. The van der Waals surface area contributed by atoms with Crippen molar-refractivity contribution in [1.29, 1.82) is 0 Å². The van der Waals surface area contributed by atoms with Crippen molar-refractivity contribution in [3.05, 3.63) is 57.6 Å². The maximum absolute atomic E-state index is 12.6. The first-order valence-corrected chi connectivity index (χ1v) is 9.55. The fraction of sp³-hybridized carbons (Fsp3) is 0.188. The number of benzene rings is 2. The first kappa shape index (κ1) is 15.5. The third kappa shape index (κ3) is 2.89. The lowest BCUT2D eigenvalue weighted by atomic mass is 10.2. The van der Waals surface area contributed by atoms with Gasteiger partial charge < -0.3 is 0 Å². The molecule has 0 saturated carbocycles. The van der Waals surface area contributed by atoms with E-state index in [-0.39, 0.29) is 10.6 Å². The summed E-state index contributed by atoms with van der Waals surface area (Å²) in [5.74, 6) is -0.0549. The maximum atomic E-state index is 12.6. The number of aryl methyl sites for hydroxylation is 1. The zero-order valence-electron chi connectivity index (χ0n) is 12.1. The van der Waals surface area contributed by atoms with Crippen LogP contribution in [0.25, 0.3) is 10.2 Å². The van der Waals surface area contributed by atoms with E-state index in [9.17, 15) is 8.42 Å². The molecule has 0 spiro atoms. The summed E-state index contributed by atoms with van der Waals surface area (Å²) < 4.78 is 26.3. The van der Waals surface area contributed by atoms with Crippen LogP contribution in [0.2, 0.25) is 5.02 Å². The zero-order chi connectivity index (χ0) is 15.9. The van der Waals surface area contributed by atoms with Crippen molar-refractivity contribution in [3.8, 4) is 0 Å². The predicted molar refractivity (Wildman–Crippen MR) is 91.4 cm³/mol. The summed E-state index contributed by atoms with van der Waals surface area (Å²) in [6.07, 6.45) is 0. The van der Waals surface area contributed by atoms with Crippen molar-refractivity contribution in [2.45, 2.75) is 24.5 Å². The molecule has 3 aromatic rings. The SMILES string of the molecule is Cc1nc2cc(CS(=O)(=O)c3cccc(Cl)c3C)ccc2s1. The van der Waals surface area contributed by atoms with Gasteiger partial charge in [-0.2, -0.15) is 0 Å². The molecule has 0 N–H and O–H groups in total. The van der Waals surface area contributed by atoms with Crippen LogP contribution in [0.3, 0.4) is 0 Å². The largest absolute Gasteiger partial charge is 0.242 e. The van der Waals surface area contributed by atoms with E-state index in [1.54, 1.807) is 36.5 Å². The van der Waals surface area contributed by atoms with E-state index >= 15 is 0 Å². The van der Waals surface area contributed by atoms with Gasteiger partial charge in [0.1, 0.15) is 0 Å². The summed E-state index contributed by atoms with van der Waals surface area (Å²) in [5.41, 5.74) is 2.17. The minimum absolute atomic E-state index is 0.0549. The van der Waals surface area contributed by atoms with Crippen LogP contribution in [0.1, 0.15) is 16.1 Å². The smallest absolute Gasteiger partial charge is 0.182 e. The number of sulfone groups is 1. The Bertz CT molecular complexity index is 961. The zero-order valence-corrected chi connectivity index (χ0v) is 14.5. The minimum Gasteiger partial charge on any atom is -0.242 e. The van der Waals surface area contributed by atoms with Crippen molar-refractivity contribution in [2.24, 2.45) is 0 Å². The van der Waals surface area contributed by atoms with E-state index in [0.29, 0.717) is 10.6 Å². The molecule has 3 nitrogen and oxygen atoms in total. The third-order valence-electron chi connectivity index (χ3n) is 3.47. The Kier molecular flexibility index (Phi) is 3.97. The Morgan fingerprint density at radius 2 is 1.95 bits per heavy atom. The van der Waals surface area contributed by atoms with Crippen LogP contribution >= 0.6 is 22.9 Å². The molecule has 114 valence electrons. The van der Waals surface area contributed by atoms with Gasteiger partial charge in [0.05, 0.1) is 25.9 Å². The number of rotatable bonds is 3. The maximum Gasteiger partial charge on any atom is 0.182 e. The molecule has 1 aromatic heterocycles. The highest BCUT2D eigenvalue weighted by Crippen LogP contribution is 2.27. The summed E-state index contributed by atoms with van der Waals surface area (Å²) in [6, 6.07) is 10.6. The van der Waals surface area contributed by atoms with Gasteiger partial charge in [0.25, 0.3) is 0 Å². The Hall–Kier alpha value is -1.43. The predicted octanol–water partition coefficient (Wildman–Crippen LogP) is 4.54. The normalized spacial score (nSPS) is 12.0. The standard InChI is InChI=1S/C16H14ClNO2S2/c1-10-13(17)4-3-5-16(10)22(19,20)9-12-6-7-15-14(8-12)18-11(2)21-15/h3-8H,9H2,1-2H3. The van der Waals surface area contributed by atoms with Crippen molar-refractivity contribution in [2.75, 3.05) is 0 Å². The van der Waals surface area contributed by atoms with Crippen LogP contribution < -0.4 is 0 Å². The fourth-order valence-corrected chi connectivity index (χ4v) is 5.07. The summed E-state index contributed by atoms with van der Waals surface area (Å²) in [7, 11) is -3.44. The van der Waals surface area contributed by atoms with E-state index in [0.717, 1.165) is 20.8 Å². The lowest BCUT2D eigenvalue weighted by Gasteiger charge is -2.09. The van der Waals surface area contributed by atoms with Gasteiger partial charge in [-0.05, 0) is 49.2 Å². The number of hydrogen-bond acceptors (Lipinski definition) is 4. The second-order valence-electron chi connectivity index (χ2n) is 5.16. The molecular formula is C16H14ClNO2S2. The summed E-state index contributed by atoms with van der Waals surface area (Å²) in [5, 5.41) is 1.44. The number of hydrogen-bond donors (Lipinski definition) is 0. The Morgan fingerprint density at radius 3 is 2.73 bits per heavy atom. The highest BCUT2D eigenvalue weighted by molar-refractivity contribution is 7.90. The van der Waals surface area contributed by atoms with Crippen molar-refractivity contribution in [3.63, 3.8) is 0 Å². The molecule has 0 aliphatic carbocycles. The molecule has 0 radical (unpaired) electrons. The first-order valence-electron chi connectivity index (χ1n) is 6.71. The van der Waals surface area contributed by atoms with Crippen LogP contribution in [0.15, 0.2) is 41.3 Å². The summed E-state index contributed by atoms with van der Waals surface area (Å²) in [4.78, 5) is 4.70. The van der Waals surface area contributed by atoms with Crippen LogP contribution in [-0.2, 0) is 15.6 Å². The van der Waals surface area contributed by atoms with Crippen LogP contribution in [0.4, 0.5) is 0 Å². The molecule has 0 unspecified atom stereocenters. The van der Waals surface area contributed by atoms with Crippen LogP contribution in [0, 0.1) is 13.8 Å². The van der Waals surface area contributed by atoms with Gasteiger partial charge >= 0.3 is 0 Å². The fourth-order valence-electron chi connectivity index (χ4n) is 2.40. The monoisotopic (exact) mass is 351 g/mol. The molecule has 1 heterocycles. The number of fused-ring (bicyclic) bond motifs is 1. The lowest BCUT2D eigenvalue weighted by molar-refractivity contribution is 0.594. The summed E-state index contributed by atoms with van der Waals surface area (Å²) in [6.45, 7) is 3.67. The molecule has 0 aliphatic heterocycles. The van der Waals surface area contributed by atoms with Crippen molar-refractivity contribution < 1.29 is 8.42 Å². The van der Waals surface area contributed by atoms with Gasteiger partial charge in [-0.3, -0.25) is 0 Å². The topological polar surface area (TPSA) is 47.0 Å². The molecule has 0 atom stereocenters. The molecule has 2 aromatic carbocycles. The molecule has 22 heavy (non-hydrogen) atoms. The second-order valence-corrected chi connectivity index (χ2v) is 8.76. The molecule has 0 bridgehead atoms. The van der Waals surface area contributed by atoms with Crippen LogP contribution in [-0.4, -0.2) is 13.4 Å². The Balaban J connectivity index is 2.00. The third-order valence-corrected chi connectivity index (χ3v) is 6.66. The van der Waals surface area contributed by atoms with E-state index < -0.39 is 9.84 Å². The molecular weight excluding hydrogens is 338 g/mol. The molecule has 0 aliphatic rings. The molecule has 6 heteroatoms. The molecule has 0 fully saturated rings. The molecule has 0 saturated heterocycles. The van der Waals surface area contributed by atoms with Gasteiger partial charge in [-0.1, -0.05) is 23.7 Å². The quantitative estimate of drug-likeness (QED) is 0.696. The average molecular weight is 352 g/mol. The van der Waals surface area contributed by atoms with Gasteiger partial charge in [-0.15, -0.1) is 11.3 Å². The number of thiazole rings is 1. The number of halogens is 1. The van der Waals surface area contributed by atoms with E-state index in [1.807, 2.05) is 25.1 Å². The van der Waals surface area contributed by atoms with Gasteiger partial charge in [0.2, 0.25) is 0 Å². The highest BCUT2D eigenvalue weighted by Gasteiger charge is 2.19. The Morgan fingerprint density at radius 1 is 1.18 bits per heavy atom. The van der Waals surface area contributed by atoms with Crippen LogP contribution in [0.5, 0.6) is 0 Å². The van der Waals surface area contributed by atoms with Crippen molar-refractivity contribution >= 4 is 43.0 Å². The van der Waals surface area contributed by atoms with E-state index in [1.165, 1.54) is 0 Å². The van der Waals surface area contributed by atoms with Gasteiger partial charge in [0.15, 0.2) is 9.84 Å². The number of aromatic nitrogens is 1. The average Bonchev–Trinajstić information content (AvgIpc) is 2.80. The van der Waals surface area contributed by atoms with E-state index in [4.69, 9.17) is 11.6 Å². The summed E-state index contributed by atoms with van der Waals surface area (Å²) >= 11 is 7.63. The van der Waals surface area contributed by atoms with Crippen molar-refractivity contribution in [1.82, 2.24) is 4.98 Å². The number of nitrogens with zero attached hydrogens (tertiary/aromatic N) is 1. The minimum atomic E-state index is -3.44.